The first-order valence-electron chi connectivity index (χ1n) is 12.3. The number of fused-ring (bicyclic) bond motifs is 1. The third-order valence-electron chi connectivity index (χ3n) is 5.61. The monoisotopic (exact) mass is 532 g/mol. The number of carbonyl (C=O) groups excluding carboxylic acids is 4. The number of amides is 4. The van der Waals surface area contributed by atoms with E-state index in [9.17, 15) is 19.2 Å². The van der Waals surface area contributed by atoms with Crippen LogP contribution in [0, 0.1) is 0 Å². The Morgan fingerprint density at radius 2 is 1.62 bits per heavy atom. The van der Waals surface area contributed by atoms with E-state index in [1.165, 1.54) is 6.07 Å². The summed E-state index contributed by atoms with van der Waals surface area (Å²) >= 11 is 0. The first kappa shape index (κ1) is 27.0. The number of hydrogen-bond acceptors (Lipinski definition) is 7. The van der Waals surface area contributed by atoms with Gasteiger partial charge in [-0.05, 0) is 55.0 Å². The quantitative estimate of drug-likeness (QED) is 0.294. The van der Waals surface area contributed by atoms with Crippen molar-refractivity contribution in [2.45, 2.75) is 19.4 Å². The molecule has 1 aliphatic rings. The summed E-state index contributed by atoms with van der Waals surface area (Å²) in [5.41, 5.74) is 1.99. The van der Waals surface area contributed by atoms with Crippen molar-refractivity contribution in [3.05, 3.63) is 83.9 Å². The van der Waals surface area contributed by atoms with Crippen LogP contribution >= 0.6 is 0 Å². The summed E-state index contributed by atoms with van der Waals surface area (Å²) in [7, 11) is 0. The molecule has 4 rings (SSSR count). The van der Waals surface area contributed by atoms with Gasteiger partial charge in [-0.3, -0.25) is 9.59 Å². The fraction of sp³-hybridized carbons (Fsp3) is 0.214. The molecule has 202 valence electrons. The van der Waals surface area contributed by atoms with Gasteiger partial charge in [-0.25, -0.2) is 9.59 Å². The maximum absolute atomic E-state index is 12.7. The molecule has 0 bridgehead atoms. The average molecular weight is 533 g/mol. The third-order valence-corrected chi connectivity index (χ3v) is 5.61. The van der Waals surface area contributed by atoms with Crippen LogP contribution in [0.3, 0.4) is 0 Å². The largest absolute Gasteiger partial charge is 0.464 e. The fourth-order valence-electron chi connectivity index (χ4n) is 3.80. The van der Waals surface area contributed by atoms with Gasteiger partial charge in [0.05, 0.1) is 13.2 Å². The van der Waals surface area contributed by atoms with Gasteiger partial charge in [-0.15, -0.1) is 0 Å². The van der Waals surface area contributed by atoms with Crippen LogP contribution in [-0.2, 0) is 20.7 Å². The van der Waals surface area contributed by atoms with E-state index in [1.807, 2.05) is 6.07 Å². The van der Waals surface area contributed by atoms with Crippen LogP contribution in [0.25, 0.3) is 0 Å². The Kier molecular flexibility index (Phi) is 8.96. The van der Waals surface area contributed by atoms with E-state index in [4.69, 9.17) is 14.2 Å². The lowest BCUT2D eigenvalue weighted by atomic mass is 10.1. The molecule has 1 atom stereocenters. The predicted octanol–water partition coefficient (Wildman–Crippen LogP) is 3.08. The molecule has 0 radical (unpaired) electrons. The Morgan fingerprint density at radius 1 is 0.872 bits per heavy atom. The second kappa shape index (κ2) is 13.0. The van der Waals surface area contributed by atoms with Crippen LogP contribution in [0.15, 0.2) is 72.8 Å². The normalized spacial score (nSPS) is 12.1. The first-order valence-corrected chi connectivity index (χ1v) is 12.3. The molecule has 0 aliphatic carbocycles. The highest BCUT2D eigenvalue weighted by molar-refractivity contribution is 6.02. The molecule has 0 saturated heterocycles. The molecule has 4 N–H and O–H groups in total. The zero-order chi connectivity index (χ0) is 27.6. The van der Waals surface area contributed by atoms with Crippen molar-refractivity contribution < 1.29 is 33.4 Å². The smallest absolute Gasteiger partial charge is 0.328 e. The molecule has 3 aromatic carbocycles. The molecule has 39 heavy (non-hydrogen) atoms. The van der Waals surface area contributed by atoms with Crippen molar-refractivity contribution in [2.24, 2.45) is 0 Å². The minimum absolute atomic E-state index is 0.121. The molecule has 4 amide bonds. The summed E-state index contributed by atoms with van der Waals surface area (Å²) in [6.45, 7) is 1.57. The van der Waals surface area contributed by atoms with Crippen molar-refractivity contribution in [3.8, 4) is 11.5 Å². The highest BCUT2D eigenvalue weighted by Crippen LogP contribution is 2.32. The molecule has 1 aliphatic heterocycles. The Bertz CT molecular complexity index is 1350. The van der Waals surface area contributed by atoms with Gasteiger partial charge in [-0.2, -0.15) is 0 Å². The summed E-state index contributed by atoms with van der Waals surface area (Å²) < 4.78 is 15.8. The minimum atomic E-state index is -0.967. The minimum Gasteiger partial charge on any atom is -0.464 e. The Balaban J connectivity index is 1.31. The molecule has 11 heteroatoms. The van der Waals surface area contributed by atoms with Gasteiger partial charge in [0.15, 0.2) is 11.5 Å². The molecule has 1 unspecified atom stereocenters. The number of nitrogens with one attached hydrogen (secondary N) is 4. The second-order valence-corrected chi connectivity index (χ2v) is 8.47. The van der Waals surface area contributed by atoms with Gasteiger partial charge in [-0.1, -0.05) is 30.3 Å². The second-order valence-electron chi connectivity index (χ2n) is 8.47. The van der Waals surface area contributed by atoms with E-state index >= 15 is 0 Å². The maximum Gasteiger partial charge on any atom is 0.328 e. The van der Waals surface area contributed by atoms with Crippen LogP contribution in [0.5, 0.6) is 11.5 Å². The molecule has 0 spiro atoms. The van der Waals surface area contributed by atoms with Crippen LogP contribution in [0.4, 0.5) is 16.2 Å². The van der Waals surface area contributed by atoms with Gasteiger partial charge in [0, 0.05) is 23.4 Å². The van der Waals surface area contributed by atoms with Crippen molar-refractivity contribution in [1.29, 1.82) is 0 Å². The SMILES string of the molecule is CCOC(=O)C(Cc1ccc2c(c1)OCO2)NC(=O)CNC(=O)c1cccc(NC(=O)Nc2ccccc2)c1. The maximum atomic E-state index is 12.7. The standard InChI is InChI=1S/C28H28N4O7/c1-2-37-27(35)22(13-18-11-12-23-24(14-18)39-17-38-23)32-25(33)16-29-26(34)19-7-6-10-21(15-19)31-28(36)30-20-8-4-3-5-9-20/h3-12,14-15,22H,2,13,16-17H2,1H3,(H,29,34)(H,32,33)(H2,30,31,36). The predicted molar refractivity (Wildman–Crippen MR) is 143 cm³/mol. The lowest BCUT2D eigenvalue weighted by Gasteiger charge is -2.18. The Hall–Kier alpha value is -5.06. The first-order chi connectivity index (χ1) is 18.9. The molecular weight excluding hydrogens is 504 g/mol. The van der Waals surface area contributed by atoms with E-state index in [2.05, 4.69) is 21.3 Å². The molecule has 0 aromatic heterocycles. The number of rotatable bonds is 10. The number of anilines is 2. The Labute approximate surface area is 224 Å². The summed E-state index contributed by atoms with van der Waals surface area (Å²) in [5.74, 6) is -0.529. The molecule has 3 aromatic rings. The van der Waals surface area contributed by atoms with E-state index in [0.29, 0.717) is 22.9 Å². The zero-order valence-electron chi connectivity index (χ0n) is 21.2. The molecule has 11 nitrogen and oxygen atoms in total. The lowest BCUT2D eigenvalue weighted by molar-refractivity contribution is -0.147. The van der Waals surface area contributed by atoms with Gasteiger partial charge in [0.2, 0.25) is 12.7 Å². The van der Waals surface area contributed by atoms with Crippen LogP contribution < -0.4 is 30.7 Å². The number of carbonyl (C=O) groups is 4. The van der Waals surface area contributed by atoms with Crippen LogP contribution in [0.1, 0.15) is 22.8 Å². The number of esters is 1. The summed E-state index contributed by atoms with van der Waals surface area (Å²) in [5, 5.41) is 10.5. The van der Waals surface area contributed by atoms with Crippen molar-refractivity contribution in [3.63, 3.8) is 0 Å². The van der Waals surface area contributed by atoms with Crippen LogP contribution in [0.2, 0.25) is 0 Å². The van der Waals surface area contributed by atoms with Gasteiger partial charge in [0.25, 0.3) is 5.91 Å². The number of ether oxygens (including phenoxy) is 3. The molecular formula is C28H28N4O7. The van der Waals surface area contributed by atoms with Crippen molar-refractivity contribution >= 4 is 35.2 Å². The number of hydrogen-bond donors (Lipinski definition) is 4. The van der Waals surface area contributed by atoms with Gasteiger partial charge >= 0.3 is 12.0 Å². The fourth-order valence-corrected chi connectivity index (χ4v) is 3.80. The third kappa shape index (κ3) is 7.71. The highest BCUT2D eigenvalue weighted by Gasteiger charge is 2.24. The summed E-state index contributed by atoms with van der Waals surface area (Å²) in [4.78, 5) is 50.0. The highest BCUT2D eigenvalue weighted by atomic mass is 16.7. The van der Waals surface area contributed by atoms with Crippen molar-refractivity contribution in [2.75, 3.05) is 30.6 Å². The number of para-hydroxylation sites is 1. The summed E-state index contributed by atoms with van der Waals surface area (Å²) in [6.07, 6.45) is 0.161. The van der Waals surface area contributed by atoms with E-state index < -0.39 is 29.9 Å². The van der Waals surface area contributed by atoms with Crippen LogP contribution in [-0.4, -0.2) is 49.8 Å². The zero-order valence-corrected chi connectivity index (χ0v) is 21.2. The molecule has 0 saturated carbocycles. The number of benzene rings is 3. The topological polar surface area (TPSA) is 144 Å². The average Bonchev–Trinajstić information content (AvgIpc) is 3.40. The van der Waals surface area contributed by atoms with Gasteiger partial charge in [0.1, 0.15) is 6.04 Å². The van der Waals surface area contributed by atoms with E-state index in [0.717, 1.165) is 5.56 Å². The van der Waals surface area contributed by atoms with Crippen molar-refractivity contribution in [1.82, 2.24) is 10.6 Å². The molecule has 0 fully saturated rings. The van der Waals surface area contributed by atoms with E-state index in [1.54, 1.807) is 67.6 Å². The molecule has 1 heterocycles. The summed E-state index contributed by atoms with van der Waals surface area (Å²) in [6, 6.07) is 19.0. The van der Waals surface area contributed by atoms with E-state index in [-0.39, 0.29) is 31.9 Å². The van der Waals surface area contributed by atoms with Gasteiger partial charge < -0.3 is 35.5 Å². The number of urea groups is 1. The lowest BCUT2D eigenvalue weighted by Crippen LogP contribution is -2.47. The Morgan fingerprint density at radius 3 is 2.41 bits per heavy atom.